The number of aliphatic hydroxyl groups is 1. The molecule has 2 aliphatic rings. The SMILES string of the molecule is Cc1nc(F)ccc1[C@H](Nc1cc(Cl)c2ncc(C#N)c(NCC(C)(C)CO)c2c1)C1=CN(C2(C(F)F)CC2)NN1. The van der Waals surface area contributed by atoms with Crippen molar-refractivity contribution in [2.24, 2.45) is 5.41 Å². The van der Waals surface area contributed by atoms with Crippen LogP contribution in [0, 0.1) is 29.6 Å². The van der Waals surface area contributed by atoms with Gasteiger partial charge in [-0.25, -0.2) is 13.8 Å². The van der Waals surface area contributed by atoms with Crippen LogP contribution in [0.1, 0.15) is 49.6 Å². The van der Waals surface area contributed by atoms with Crippen LogP contribution in [0.3, 0.4) is 0 Å². The van der Waals surface area contributed by atoms with Gasteiger partial charge in [-0.2, -0.15) is 9.65 Å². The van der Waals surface area contributed by atoms with Gasteiger partial charge in [0, 0.05) is 53.3 Å². The number of anilines is 2. The van der Waals surface area contributed by atoms with Gasteiger partial charge in [0.15, 0.2) is 0 Å². The summed E-state index contributed by atoms with van der Waals surface area (Å²) in [5, 5.41) is 28.4. The number of hydrogen-bond donors (Lipinski definition) is 5. The zero-order valence-corrected chi connectivity index (χ0v) is 23.5. The van der Waals surface area contributed by atoms with E-state index in [0.717, 1.165) is 0 Å². The molecule has 216 valence electrons. The fourth-order valence-electron chi connectivity index (χ4n) is 4.75. The minimum atomic E-state index is -2.55. The molecule has 1 atom stereocenters. The second-order valence-electron chi connectivity index (χ2n) is 11.2. The number of benzene rings is 1. The summed E-state index contributed by atoms with van der Waals surface area (Å²) in [5.41, 5.74) is 7.42. The highest BCUT2D eigenvalue weighted by Gasteiger charge is 2.56. The summed E-state index contributed by atoms with van der Waals surface area (Å²) in [6, 6.07) is 7.76. The number of nitriles is 1. The molecule has 41 heavy (non-hydrogen) atoms. The summed E-state index contributed by atoms with van der Waals surface area (Å²) in [5.74, 6) is -0.641. The Hall–Kier alpha value is -3.79. The molecule has 0 unspecified atom stereocenters. The number of nitrogens with zero attached hydrogens (tertiary/aromatic N) is 4. The zero-order valence-electron chi connectivity index (χ0n) is 22.7. The van der Waals surface area contributed by atoms with Gasteiger partial charge in [0.2, 0.25) is 5.95 Å². The minimum absolute atomic E-state index is 0.0643. The predicted molar refractivity (Wildman–Crippen MR) is 150 cm³/mol. The van der Waals surface area contributed by atoms with Gasteiger partial charge in [0.05, 0.1) is 33.5 Å². The number of aromatic nitrogens is 2. The van der Waals surface area contributed by atoms with Crippen LogP contribution < -0.4 is 21.6 Å². The fourth-order valence-corrected chi connectivity index (χ4v) is 5.01. The second kappa shape index (κ2) is 10.9. The molecule has 3 aromatic rings. The molecule has 5 N–H and O–H groups in total. The summed E-state index contributed by atoms with van der Waals surface area (Å²) in [6.45, 7) is 5.75. The molecule has 0 saturated heterocycles. The summed E-state index contributed by atoms with van der Waals surface area (Å²) in [4.78, 5) is 8.34. The van der Waals surface area contributed by atoms with E-state index in [4.69, 9.17) is 11.6 Å². The molecule has 1 saturated carbocycles. The standard InChI is InChI=1S/C28H30ClF3N8O/c1-15-18(4-5-22(30)36-15)25(21-12-40(39-38-21)28(6-7-28)26(31)32)37-17-8-19-23(35-13-27(2,3)14-41)16(10-33)11-34-24(19)20(29)9-17/h4-5,8-9,11-12,25-26,37-39,41H,6-7,13-14H2,1-3H3,(H,34,35)/t25-/m0/s1. The molecule has 0 spiro atoms. The number of alkyl halides is 2. The molecule has 9 nitrogen and oxygen atoms in total. The van der Waals surface area contributed by atoms with Gasteiger partial charge in [-0.3, -0.25) is 9.99 Å². The smallest absolute Gasteiger partial charge is 0.262 e. The van der Waals surface area contributed by atoms with Crippen LogP contribution in [0.2, 0.25) is 5.02 Å². The average Bonchev–Trinajstić information content (AvgIpc) is 3.61. The fraction of sp³-hybridized carbons (Fsp3) is 0.393. The minimum Gasteiger partial charge on any atom is -0.396 e. The van der Waals surface area contributed by atoms with E-state index in [1.807, 2.05) is 13.8 Å². The number of aryl methyl sites for hydroxylation is 1. The first-order valence-corrected chi connectivity index (χ1v) is 13.4. The van der Waals surface area contributed by atoms with Crippen molar-refractivity contribution in [2.75, 3.05) is 23.8 Å². The molecule has 0 radical (unpaired) electrons. The van der Waals surface area contributed by atoms with Gasteiger partial charge in [0.25, 0.3) is 6.43 Å². The van der Waals surface area contributed by atoms with E-state index in [1.165, 1.54) is 17.3 Å². The largest absolute Gasteiger partial charge is 0.396 e. The molecule has 13 heteroatoms. The first-order chi connectivity index (χ1) is 19.5. The lowest BCUT2D eigenvalue weighted by atomic mass is 9.94. The van der Waals surface area contributed by atoms with Crippen LogP contribution in [0.4, 0.5) is 24.5 Å². The Morgan fingerprint density at radius 3 is 2.68 bits per heavy atom. The molecule has 1 aromatic carbocycles. The number of nitrogens with one attached hydrogen (secondary N) is 4. The van der Waals surface area contributed by atoms with E-state index in [-0.39, 0.29) is 6.61 Å². The normalized spacial score (nSPS) is 16.8. The van der Waals surface area contributed by atoms with Gasteiger partial charge >= 0.3 is 0 Å². The van der Waals surface area contributed by atoms with Crippen molar-refractivity contribution in [1.29, 1.82) is 5.26 Å². The lowest BCUT2D eigenvalue weighted by molar-refractivity contribution is 0.00911. The number of fused-ring (bicyclic) bond motifs is 1. The Balaban J connectivity index is 1.57. The molecule has 1 aliphatic heterocycles. The molecule has 0 amide bonds. The summed E-state index contributed by atoms with van der Waals surface area (Å²) >= 11 is 6.67. The molecular weight excluding hydrogens is 557 g/mol. The van der Waals surface area contributed by atoms with E-state index < -0.39 is 29.4 Å². The highest BCUT2D eigenvalue weighted by Crippen LogP contribution is 2.47. The molecule has 1 aliphatic carbocycles. The van der Waals surface area contributed by atoms with Crippen LogP contribution in [-0.2, 0) is 0 Å². The Morgan fingerprint density at radius 1 is 1.29 bits per heavy atom. The van der Waals surface area contributed by atoms with Crippen molar-refractivity contribution in [3.05, 3.63) is 70.2 Å². The Morgan fingerprint density at radius 2 is 2.05 bits per heavy atom. The highest BCUT2D eigenvalue weighted by molar-refractivity contribution is 6.35. The first-order valence-electron chi connectivity index (χ1n) is 13.1. The number of pyridine rings is 2. The second-order valence-corrected chi connectivity index (χ2v) is 11.6. The molecule has 1 fully saturated rings. The molecule has 3 heterocycles. The van der Waals surface area contributed by atoms with Crippen LogP contribution in [0.5, 0.6) is 0 Å². The summed E-state index contributed by atoms with van der Waals surface area (Å²) < 4.78 is 41.5. The third-order valence-corrected chi connectivity index (χ3v) is 7.77. The Labute approximate surface area is 240 Å². The van der Waals surface area contributed by atoms with E-state index in [0.29, 0.717) is 69.2 Å². The number of aliphatic hydroxyl groups excluding tert-OH is 1. The number of rotatable bonds is 10. The lowest BCUT2D eigenvalue weighted by Crippen LogP contribution is -2.48. The van der Waals surface area contributed by atoms with Crippen LogP contribution in [0.15, 0.2) is 42.4 Å². The van der Waals surface area contributed by atoms with E-state index in [9.17, 15) is 23.5 Å². The van der Waals surface area contributed by atoms with E-state index in [1.54, 1.807) is 31.3 Å². The monoisotopic (exact) mass is 586 g/mol. The van der Waals surface area contributed by atoms with Crippen molar-refractivity contribution < 1.29 is 18.3 Å². The van der Waals surface area contributed by atoms with Gasteiger partial charge in [0.1, 0.15) is 11.6 Å². The van der Waals surface area contributed by atoms with Crippen molar-refractivity contribution in [3.63, 3.8) is 0 Å². The average molecular weight is 587 g/mol. The third-order valence-electron chi connectivity index (χ3n) is 7.48. The first kappa shape index (κ1) is 28.7. The number of halogens is 4. The van der Waals surface area contributed by atoms with Gasteiger partial charge in [-0.05, 0) is 38.0 Å². The van der Waals surface area contributed by atoms with Crippen molar-refractivity contribution in [1.82, 2.24) is 25.9 Å². The van der Waals surface area contributed by atoms with Gasteiger partial charge in [-0.15, -0.1) is 5.53 Å². The molecule has 0 bridgehead atoms. The lowest BCUT2D eigenvalue weighted by Gasteiger charge is -2.25. The van der Waals surface area contributed by atoms with Crippen LogP contribution in [0.25, 0.3) is 10.9 Å². The maximum Gasteiger partial charge on any atom is 0.262 e. The third kappa shape index (κ3) is 5.57. The van der Waals surface area contributed by atoms with Crippen molar-refractivity contribution in [2.45, 2.75) is 51.6 Å². The van der Waals surface area contributed by atoms with Gasteiger partial charge < -0.3 is 21.2 Å². The van der Waals surface area contributed by atoms with Crippen LogP contribution >= 0.6 is 11.6 Å². The highest BCUT2D eigenvalue weighted by atomic mass is 35.5. The van der Waals surface area contributed by atoms with Gasteiger partial charge in [-0.1, -0.05) is 31.5 Å². The Kier molecular flexibility index (Phi) is 7.63. The van der Waals surface area contributed by atoms with E-state index in [2.05, 4.69) is 37.6 Å². The molecule has 5 rings (SSSR count). The van der Waals surface area contributed by atoms with Crippen LogP contribution in [-0.4, -0.2) is 45.2 Å². The zero-order chi connectivity index (χ0) is 29.5. The Bertz CT molecular complexity index is 1550. The topological polar surface area (TPSA) is 121 Å². The quantitative estimate of drug-likeness (QED) is 0.205. The van der Waals surface area contributed by atoms with Crippen molar-refractivity contribution in [3.8, 4) is 6.07 Å². The van der Waals surface area contributed by atoms with Crippen molar-refractivity contribution >= 4 is 33.9 Å². The predicted octanol–water partition coefficient (Wildman–Crippen LogP) is 5.15. The molecular formula is C28H30ClF3N8O. The molecule has 2 aromatic heterocycles. The summed E-state index contributed by atoms with van der Waals surface area (Å²) in [6.07, 6.45) is 1.17. The maximum atomic E-state index is 13.9. The van der Waals surface area contributed by atoms with E-state index >= 15 is 0 Å². The number of hydrazine groups is 2. The summed E-state index contributed by atoms with van der Waals surface area (Å²) in [7, 11) is 0. The number of hydrogen-bond acceptors (Lipinski definition) is 9. The maximum absolute atomic E-state index is 13.9.